The number of hydrogen-bond acceptors (Lipinski definition) is 6. The molecule has 0 aliphatic rings. The topological polar surface area (TPSA) is 109 Å². The molecule has 0 saturated carbocycles. The number of carboxylic acids is 1. The van der Waals surface area contributed by atoms with E-state index >= 15 is 0 Å². The Morgan fingerprint density at radius 3 is 2.20 bits per heavy atom. The van der Waals surface area contributed by atoms with Crippen molar-refractivity contribution in [1.82, 2.24) is 16.0 Å². The second kappa shape index (κ2) is 16.6. The fourth-order valence-corrected chi connectivity index (χ4v) is 1.22. The third-order valence-corrected chi connectivity index (χ3v) is 2.13. The van der Waals surface area contributed by atoms with Gasteiger partial charge >= 0.3 is 35.5 Å². The SMILES string of the molecule is CCNCCNCCNCCN=C([O-])/C=C/C(=O)O.[Na+]. The van der Waals surface area contributed by atoms with Crippen LogP contribution < -0.4 is 50.6 Å². The van der Waals surface area contributed by atoms with E-state index in [1.54, 1.807) is 0 Å². The molecule has 0 aliphatic heterocycles. The monoisotopic (exact) mass is 294 g/mol. The van der Waals surface area contributed by atoms with Crippen LogP contribution in [0.15, 0.2) is 17.1 Å². The van der Waals surface area contributed by atoms with Crippen molar-refractivity contribution < 1.29 is 44.6 Å². The summed E-state index contributed by atoms with van der Waals surface area (Å²) in [5.74, 6) is -1.67. The summed E-state index contributed by atoms with van der Waals surface area (Å²) in [4.78, 5) is 13.8. The van der Waals surface area contributed by atoms with Gasteiger partial charge in [-0.05, 0) is 18.5 Å². The number of nitrogens with zero attached hydrogens (tertiary/aromatic N) is 1. The molecule has 0 atom stereocenters. The number of carboxylic acid groups (broad SMARTS) is 1. The Bertz CT molecular complexity index is 298. The van der Waals surface area contributed by atoms with Crippen LogP contribution in [-0.4, -0.2) is 62.8 Å². The van der Waals surface area contributed by atoms with Crippen LogP contribution in [0.2, 0.25) is 0 Å². The number of nitrogens with one attached hydrogen (secondary N) is 3. The van der Waals surface area contributed by atoms with Gasteiger partial charge in [0, 0.05) is 38.8 Å². The van der Waals surface area contributed by atoms with Gasteiger partial charge in [-0.15, -0.1) is 0 Å². The molecule has 0 rings (SSSR count). The zero-order chi connectivity index (χ0) is 14.3. The van der Waals surface area contributed by atoms with Gasteiger partial charge < -0.3 is 26.2 Å². The molecule has 0 aliphatic carbocycles. The van der Waals surface area contributed by atoms with E-state index in [-0.39, 0.29) is 29.6 Å². The van der Waals surface area contributed by atoms with E-state index in [0.717, 1.165) is 44.9 Å². The number of carbonyl (C=O) groups is 1. The first-order valence-electron chi connectivity index (χ1n) is 6.41. The largest absolute Gasteiger partial charge is 1.00 e. The van der Waals surface area contributed by atoms with Crippen molar-refractivity contribution in [2.45, 2.75) is 6.92 Å². The van der Waals surface area contributed by atoms with Crippen molar-refractivity contribution in [1.29, 1.82) is 0 Å². The molecule has 0 unspecified atom stereocenters. The van der Waals surface area contributed by atoms with E-state index in [4.69, 9.17) is 5.11 Å². The van der Waals surface area contributed by atoms with Gasteiger partial charge in [0.25, 0.3) is 0 Å². The maximum atomic E-state index is 11.0. The van der Waals surface area contributed by atoms with E-state index in [1.165, 1.54) is 0 Å². The summed E-state index contributed by atoms with van der Waals surface area (Å²) in [6.45, 7) is 7.54. The van der Waals surface area contributed by atoms with Crippen LogP contribution in [0.5, 0.6) is 0 Å². The average molecular weight is 294 g/mol. The zero-order valence-electron chi connectivity index (χ0n) is 12.3. The summed E-state index contributed by atoms with van der Waals surface area (Å²) in [6, 6.07) is 0. The van der Waals surface area contributed by atoms with Crippen LogP contribution in [0.25, 0.3) is 0 Å². The van der Waals surface area contributed by atoms with Crippen LogP contribution in [0.4, 0.5) is 0 Å². The zero-order valence-corrected chi connectivity index (χ0v) is 14.3. The number of aliphatic imine (C=N–C) groups is 1. The van der Waals surface area contributed by atoms with Crippen molar-refractivity contribution in [2.75, 3.05) is 45.8 Å². The Labute approximate surface area is 142 Å². The summed E-state index contributed by atoms with van der Waals surface area (Å²) >= 11 is 0. The number of likely N-dealkylation sites (N-methyl/N-ethyl adjacent to an activating group) is 1. The number of aliphatic carboxylic acids is 1. The van der Waals surface area contributed by atoms with Crippen molar-refractivity contribution >= 4 is 11.9 Å². The number of hydrogen-bond donors (Lipinski definition) is 4. The third kappa shape index (κ3) is 17.6. The fraction of sp³-hybridized carbons (Fsp3) is 0.667. The molecule has 0 amide bonds. The van der Waals surface area contributed by atoms with Gasteiger partial charge in [-0.2, -0.15) is 0 Å². The molecule has 0 bridgehead atoms. The standard InChI is InChI=1S/C12H24N4O3.Na/c1-2-13-5-6-14-7-8-15-9-10-16-11(17)3-4-12(18)19;/h3-4,13-15H,2,5-10H2,1H3,(H,16,17)(H,18,19);/q;+1/p-1/b4-3+;. The Morgan fingerprint density at radius 2 is 1.65 bits per heavy atom. The number of rotatable bonds is 12. The van der Waals surface area contributed by atoms with Crippen LogP contribution in [0.3, 0.4) is 0 Å². The minimum Gasteiger partial charge on any atom is -0.859 e. The van der Waals surface area contributed by atoms with Crippen molar-refractivity contribution in [3.63, 3.8) is 0 Å². The van der Waals surface area contributed by atoms with Gasteiger partial charge in [-0.25, -0.2) is 4.79 Å². The van der Waals surface area contributed by atoms with Gasteiger partial charge in [0.15, 0.2) is 0 Å². The van der Waals surface area contributed by atoms with E-state index in [9.17, 15) is 9.90 Å². The van der Waals surface area contributed by atoms with E-state index in [0.29, 0.717) is 13.1 Å². The molecule has 0 aromatic rings. The van der Waals surface area contributed by atoms with Crippen molar-refractivity contribution in [2.24, 2.45) is 4.99 Å². The van der Waals surface area contributed by atoms with Crippen molar-refractivity contribution in [3.05, 3.63) is 12.2 Å². The third-order valence-electron chi connectivity index (χ3n) is 2.13. The quantitative estimate of drug-likeness (QED) is 0.0945. The van der Waals surface area contributed by atoms with Crippen LogP contribution in [0.1, 0.15) is 6.92 Å². The molecular formula is C12H23N4NaO3. The van der Waals surface area contributed by atoms with Gasteiger partial charge in [0.2, 0.25) is 0 Å². The summed E-state index contributed by atoms with van der Waals surface area (Å²) in [6.07, 6.45) is 1.73. The first-order chi connectivity index (χ1) is 9.16. The molecule has 0 saturated heterocycles. The molecule has 0 radical (unpaired) electrons. The molecule has 8 heteroatoms. The molecule has 0 fully saturated rings. The predicted octanol–water partition coefficient (Wildman–Crippen LogP) is -4.82. The maximum Gasteiger partial charge on any atom is 1.00 e. The first-order valence-corrected chi connectivity index (χ1v) is 6.41. The Hall–Kier alpha value is -0.440. The minimum atomic E-state index is -1.15. The molecule has 4 N–H and O–H groups in total. The first kappa shape index (κ1) is 21.9. The van der Waals surface area contributed by atoms with E-state index in [1.807, 2.05) is 0 Å². The second-order valence-electron chi connectivity index (χ2n) is 3.75. The van der Waals surface area contributed by atoms with E-state index in [2.05, 4.69) is 27.9 Å². The van der Waals surface area contributed by atoms with Gasteiger partial charge in [-0.3, -0.25) is 4.99 Å². The van der Waals surface area contributed by atoms with Crippen LogP contribution >= 0.6 is 0 Å². The normalized spacial score (nSPS) is 11.6. The van der Waals surface area contributed by atoms with Crippen LogP contribution in [0, 0.1) is 0 Å². The average Bonchev–Trinajstić information content (AvgIpc) is 2.38. The molecule has 0 heterocycles. The molecule has 20 heavy (non-hydrogen) atoms. The molecule has 110 valence electrons. The summed E-state index contributed by atoms with van der Waals surface area (Å²) in [7, 11) is 0. The van der Waals surface area contributed by atoms with E-state index < -0.39 is 11.9 Å². The molecule has 0 aromatic heterocycles. The molecule has 0 spiro atoms. The van der Waals surface area contributed by atoms with Gasteiger partial charge in [0.1, 0.15) is 0 Å². The van der Waals surface area contributed by atoms with Gasteiger partial charge in [0.05, 0.1) is 6.54 Å². The molecule has 0 aromatic carbocycles. The second-order valence-corrected chi connectivity index (χ2v) is 3.75. The molecule has 7 nitrogen and oxygen atoms in total. The molecular weight excluding hydrogens is 271 g/mol. The Morgan fingerprint density at radius 1 is 1.10 bits per heavy atom. The fourth-order valence-electron chi connectivity index (χ4n) is 1.22. The van der Waals surface area contributed by atoms with Gasteiger partial charge in [-0.1, -0.05) is 6.92 Å². The Kier molecular flexibility index (Phi) is 18.2. The minimum absolute atomic E-state index is 0. The predicted molar refractivity (Wildman–Crippen MR) is 73.4 cm³/mol. The summed E-state index contributed by atoms with van der Waals surface area (Å²) < 4.78 is 0. The summed E-state index contributed by atoms with van der Waals surface area (Å²) in [5.41, 5.74) is 0. The smallest absolute Gasteiger partial charge is 0.859 e. The van der Waals surface area contributed by atoms with Crippen molar-refractivity contribution in [3.8, 4) is 0 Å². The Balaban J connectivity index is 0. The van der Waals surface area contributed by atoms with Crippen LogP contribution in [-0.2, 0) is 4.79 Å². The summed E-state index contributed by atoms with van der Waals surface area (Å²) in [5, 5.41) is 28.9. The maximum absolute atomic E-state index is 11.0.